The van der Waals surface area contributed by atoms with E-state index in [9.17, 15) is 10.1 Å². The summed E-state index contributed by atoms with van der Waals surface area (Å²) in [6.45, 7) is 2.25. The third-order valence-corrected chi connectivity index (χ3v) is 7.42. The first-order valence-corrected chi connectivity index (χ1v) is 12.5. The molecule has 3 heterocycles. The molecule has 0 aliphatic heterocycles. The van der Waals surface area contributed by atoms with Crippen molar-refractivity contribution in [2.75, 3.05) is 0 Å². The molecule has 0 N–H and O–H groups in total. The number of para-hydroxylation sites is 1. The van der Waals surface area contributed by atoms with Crippen molar-refractivity contribution in [1.82, 2.24) is 29.3 Å². The molecule has 1 fully saturated rings. The van der Waals surface area contributed by atoms with Crippen LogP contribution in [0.4, 0.5) is 0 Å². The number of fused-ring (bicyclic) bond motifs is 1. The lowest BCUT2D eigenvalue weighted by molar-refractivity contribution is 0.247. The van der Waals surface area contributed by atoms with Gasteiger partial charge in [0.15, 0.2) is 11.0 Å². The smallest absolute Gasteiger partial charge is 0.262 e. The zero-order chi connectivity index (χ0) is 23.5. The third kappa shape index (κ3) is 4.21. The predicted molar refractivity (Wildman–Crippen MR) is 131 cm³/mol. The summed E-state index contributed by atoms with van der Waals surface area (Å²) in [6, 6.07) is 13.6. The van der Waals surface area contributed by atoms with Gasteiger partial charge in [-0.1, -0.05) is 43.7 Å². The van der Waals surface area contributed by atoms with Crippen molar-refractivity contribution >= 4 is 22.7 Å². The number of benzene rings is 1. The highest BCUT2D eigenvalue weighted by atomic mass is 32.2. The van der Waals surface area contributed by atoms with E-state index in [1.54, 1.807) is 12.3 Å². The average Bonchev–Trinajstić information content (AvgIpc) is 3.29. The Labute approximate surface area is 201 Å². The van der Waals surface area contributed by atoms with Gasteiger partial charge in [0.2, 0.25) is 0 Å². The van der Waals surface area contributed by atoms with Crippen molar-refractivity contribution in [2.45, 2.75) is 56.1 Å². The van der Waals surface area contributed by atoms with Gasteiger partial charge < -0.3 is 0 Å². The van der Waals surface area contributed by atoms with Crippen molar-refractivity contribution < 1.29 is 0 Å². The lowest BCUT2D eigenvalue weighted by atomic mass is 9.85. The van der Waals surface area contributed by atoms with Crippen molar-refractivity contribution in [3.8, 4) is 17.5 Å². The Balaban J connectivity index is 1.54. The molecule has 0 unspecified atom stereocenters. The van der Waals surface area contributed by atoms with Crippen LogP contribution < -0.4 is 5.56 Å². The summed E-state index contributed by atoms with van der Waals surface area (Å²) in [4.78, 5) is 22.0. The van der Waals surface area contributed by atoms with E-state index in [1.807, 2.05) is 36.5 Å². The Morgan fingerprint density at radius 1 is 1.15 bits per heavy atom. The van der Waals surface area contributed by atoms with E-state index in [0.717, 1.165) is 23.0 Å². The van der Waals surface area contributed by atoms with E-state index in [1.165, 1.54) is 35.6 Å². The Morgan fingerprint density at radius 3 is 2.79 bits per heavy atom. The molecule has 4 aromatic rings. The van der Waals surface area contributed by atoms with E-state index >= 15 is 0 Å². The first kappa shape index (κ1) is 22.3. The van der Waals surface area contributed by atoms with Crippen LogP contribution >= 0.6 is 11.8 Å². The average molecular weight is 472 g/mol. The van der Waals surface area contributed by atoms with Crippen molar-refractivity contribution in [3.63, 3.8) is 0 Å². The standard InChI is InChI=1S/C25H25N7OS/c1-17-7-2-5-11-21(17)32-23(18-8-6-13-27-15-18)29-30-25(32)34-16-22-28-20-10-4-3-9-19(20)24(33)31(22)14-12-26/h3-4,6,8-10,13,15,17,21H,2,5,7,11,14,16H2,1H3/t17-,21+/m1/s1. The highest BCUT2D eigenvalue weighted by Gasteiger charge is 2.29. The summed E-state index contributed by atoms with van der Waals surface area (Å²) < 4.78 is 3.71. The molecule has 9 heteroatoms. The van der Waals surface area contributed by atoms with Gasteiger partial charge in [-0.3, -0.25) is 18.9 Å². The molecule has 1 aromatic carbocycles. The number of nitrogens with zero attached hydrogens (tertiary/aromatic N) is 7. The molecule has 0 radical (unpaired) electrons. The largest absolute Gasteiger partial charge is 0.299 e. The number of rotatable bonds is 6. The quantitative estimate of drug-likeness (QED) is 0.378. The molecule has 1 aliphatic carbocycles. The van der Waals surface area contributed by atoms with Crippen LogP contribution in [-0.2, 0) is 12.3 Å². The highest BCUT2D eigenvalue weighted by Crippen LogP contribution is 2.39. The number of aromatic nitrogens is 6. The minimum absolute atomic E-state index is 0.0418. The van der Waals surface area contributed by atoms with Gasteiger partial charge in [-0.15, -0.1) is 10.2 Å². The second-order valence-electron chi connectivity index (χ2n) is 8.63. The molecule has 0 bridgehead atoms. The first-order valence-electron chi connectivity index (χ1n) is 11.5. The number of hydrogen-bond donors (Lipinski definition) is 0. The van der Waals surface area contributed by atoms with Crippen LogP contribution in [0.3, 0.4) is 0 Å². The maximum atomic E-state index is 13.0. The van der Waals surface area contributed by atoms with Crippen molar-refractivity contribution in [3.05, 3.63) is 65.0 Å². The summed E-state index contributed by atoms with van der Waals surface area (Å²) in [5.41, 5.74) is 1.38. The molecule has 2 atom stereocenters. The normalized spacial score (nSPS) is 18.1. The van der Waals surface area contributed by atoms with Crippen LogP contribution in [-0.4, -0.2) is 29.3 Å². The highest BCUT2D eigenvalue weighted by molar-refractivity contribution is 7.98. The molecule has 1 saturated carbocycles. The van der Waals surface area contributed by atoms with Crippen LogP contribution in [0.25, 0.3) is 22.3 Å². The van der Waals surface area contributed by atoms with E-state index in [0.29, 0.717) is 34.4 Å². The fourth-order valence-corrected chi connectivity index (χ4v) is 5.67. The van der Waals surface area contributed by atoms with Gasteiger partial charge in [-0.05, 0) is 43.0 Å². The fourth-order valence-electron chi connectivity index (χ4n) is 4.73. The van der Waals surface area contributed by atoms with Crippen molar-refractivity contribution in [2.24, 2.45) is 5.92 Å². The second kappa shape index (κ2) is 9.77. The molecular formula is C25H25N7OS. The molecule has 0 saturated heterocycles. The molecule has 8 nitrogen and oxygen atoms in total. The Hall–Kier alpha value is -3.51. The molecule has 3 aromatic heterocycles. The van der Waals surface area contributed by atoms with Crippen LogP contribution in [0, 0.1) is 17.2 Å². The zero-order valence-electron chi connectivity index (χ0n) is 19.0. The number of pyridine rings is 1. The lowest BCUT2D eigenvalue weighted by Gasteiger charge is -2.31. The Morgan fingerprint density at radius 2 is 2.00 bits per heavy atom. The topological polar surface area (TPSA) is 102 Å². The van der Waals surface area contributed by atoms with Gasteiger partial charge in [-0.2, -0.15) is 5.26 Å². The van der Waals surface area contributed by atoms with Crippen LogP contribution in [0.2, 0.25) is 0 Å². The molecule has 5 rings (SSSR count). The summed E-state index contributed by atoms with van der Waals surface area (Å²) in [7, 11) is 0. The van der Waals surface area contributed by atoms with E-state index in [-0.39, 0.29) is 12.1 Å². The number of hydrogen-bond acceptors (Lipinski definition) is 7. The minimum atomic E-state index is -0.193. The monoisotopic (exact) mass is 471 g/mol. The zero-order valence-corrected chi connectivity index (χ0v) is 19.8. The van der Waals surface area contributed by atoms with Crippen LogP contribution in [0.15, 0.2) is 58.7 Å². The van der Waals surface area contributed by atoms with Gasteiger partial charge in [0.1, 0.15) is 12.4 Å². The van der Waals surface area contributed by atoms with Crippen LogP contribution in [0.5, 0.6) is 0 Å². The van der Waals surface area contributed by atoms with Gasteiger partial charge in [0, 0.05) is 24.0 Å². The molecule has 34 heavy (non-hydrogen) atoms. The summed E-state index contributed by atoms with van der Waals surface area (Å²) in [5, 5.41) is 19.7. The fraction of sp³-hybridized carbons (Fsp3) is 0.360. The van der Waals surface area contributed by atoms with E-state index in [4.69, 9.17) is 4.98 Å². The minimum Gasteiger partial charge on any atom is -0.299 e. The predicted octanol–water partition coefficient (Wildman–Crippen LogP) is 4.62. The molecule has 1 aliphatic rings. The first-order chi connectivity index (χ1) is 16.7. The molecule has 0 amide bonds. The van der Waals surface area contributed by atoms with Crippen molar-refractivity contribution in [1.29, 1.82) is 5.26 Å². The SMILES string of the molecule is C[C@@H]1CCCC[C@@H]1n1c(SCc2nc3ccccc3c(=O)n2CC#N)nnc1-c1cccnc1. The Kier molecular flexibility index (Phi) is 6.41. The lowest BCUT2D eigenvalue weighted by Crippen LogP contribution is -2.25. The molecule has 172 valence electrons. The molecular weight excluding hydrogens is 446 g/mol. The van der Waals surface area contributed by atoms with Gasteiger partial charge in [0.05, 0.1) is 22.7 Å². The summed E-state index contributed by atoms with van der Waals surface area (Å²) >= 11 is 1.51. The maximum Gasteiger partial charge on any atom is 0.262 e. The van der Waals surface area contributed by atoms with Gasteiger partial charge in [0.25, 0.3) is 5.56 Å². The van der Waals surface area contributed by atoms with Gasteiger partial charge in [-0.25, -0.2) is 4.98 Å². The van der Waals surface area contributed by atoms with Crippen LogP contribution in [0.1, 0.15) is 44.5 Å². The summed E-state index contributed by atoms with van der Waals surface area (Å²) in [6.07, 6.45) is 8.24. The maximum absolute atomic E-state index is 13.0. The molecule has 0 spiro atoms. The third-order valence-electron chi connectivity index (χ3n) is 6.48. The van der Waals surface area contributed by atoms with E-state index < -0.39 is 0 Å². The van der Waals surface area contributed by atoms with Gasteiger partial charge >= 0.3 is 0 Å². The second-order valence-corrected chi connectivity index (χ2v) is 9.57. The number of nitriles is 1. The Bertz CT molecular complexity index is 1410. The summed E-state index contributed by atoms with van der Waals surface area (Å²) in [5.74, 6) is 2.29. The number of thioether (sulfide) groups is 1. The van der Waals surface area contributed by atoms with E-state index in [2.05, 4.69) is 32.7 Å².